The Kier molecular flexibility index (Phi) is 4.84. The van der Waals surface area contributed by atoms with Crippen LogP contribution >= 0.6 is 43.5 Å². The van der Waals surface area contributed by atoms with E-state index in [0.717, 1.165) is 20.1 Å². The number of benzene rings is 2. The predicted molar refractivity (Wildman–Crippen MR) is 82.0 cm³/mol. The first-order valence-electron chi connectivity index (χ1n) is 5.44. The van der Waals surface area contributed by atoms with Crippen LogP contribution in [-0.4, -0.2) is 5.11 Å². The Morgan fingerprint density at radius 3 is 2.50 bits per heavy atom. The highest BCUT2D eigenvalue weighted by atomic mass is 79.9. The van der Waals surface area contributed by atoms with Gasteiger partial charge in [0.2, 0.25) is 0 Å². The molecule has 1 nitrogen and oxygen atoms in total. The summed E-state index contributed by atoms with van der Waals surface area (Å²) in [5, 5.41) is 10.8. The molecule has 0 radical (unpaired) electrons. The third kappa shape index (κ3) is 3.35. The van der Waals surface area contributed by atoms with Crippen molar-refractivity contribution in [3.8, 4) is 0 Å². The van der Waals surface area contributed by atoms with Crippen molar-refractivity contribution in [1.29, 1.82) is 0 Å². The first-order chi connectivity index (χ1) is 8.58. The Balaban J connectivity index is 2.22. The highest BCUT2D eigenvalue weighted by Gasteiger charge is 2.13. The van der Waals surface area contributed by atoms with E-state index in [-0.39, 0.29) is 0 Å². The molecule has 2 rings (SSSR count). The summed E-state index contributed by atoms with van der Waals surface area (Å²) in [5.74, 6) is 0. The maximum atomic E-state index is 10.2. The van der Waals surface area contributed by atoms with Gasteiger partial charge in [0, 0.05) is 20.4 Å². The molecule has 1 N–H and O–H groups in total. The molecule has 0 saturated carbocycles. The second kappa shape index (κ2) is 6.20. The van der Waals surface area contributed by atoms with Gasteiger partial charge in [-0.2, -0.15) is 0 Å². The zero-order chi connectivity index (χ0) is 13.1. The lowest BCUT2D eigenvalue weighted by atomic mass is 10.0. The Bertz CT molecular complexity index is 557. The molecule has 4 heteroatoms. The van der Waals surface area contributed by atoms with Crippen LogP contribution in [0.2, 0.25) is 5.02 Å². The Labute approximate surface area is 128 Å². The van der Waals surface area contributed by atoms with Crippen LogP contribution in [0.25, 0.3) is 0 Å². The van der Waals surface area contributed by atoms with Gasteiger partial charge in [-0.1, -0.05) is 67.7 Å². The lowest BCUT2D eigenvalue weighted by Crippen LogP contribution is -2.03. The van der Waals surface area contributed by atoms with Crippen molar-refractivity contribution in [1.82, 2.24) is 0 Å². The van der Waals surface area contributed by atoms with Crippen LogP contribution in [0.3, 0.4) is 0 Å². The standard InChI is InChI=1S/C14H11Br2ClO/c15-10-5-6-11(13(17)8-10)14(18)7-9-3-1-2-4-12(9)16/h1-6,8,14,18H,7H2. The summed E-state index contributed by atoms with van der Waals surface area (Å²) in [4.78, 5) is 0. The van der Waals surface area contributed by atoms with Gasteiger partial charge in [0.15, 0.2) is 0 Å². The van der Waals surface area contributed by atoms with E-state index in [1.54, 1.807) is 6.07 Å². The number of hydrogen-bond donors (Lipinski definition) is 1. The number of halogens is 3. The lowest BCUT2D eigenvalue weighted by Gasteiger charge is -2.14. The minimum absolute atomic E-state index is 0.531. The lowest BCUT2D eigenvalue weighted by molar-refractivity contribution is 0.178. The Morgan fingerprint density at radius 2 is 1.83 bits per heavy atom. The number of aliphatic hydroxyl groups excluding tert-OH is 1. The average molecular weight is 391 g/mol. The number of rotatable bonds is 3. The maximum absolute atomic E-state index is 10.2. The van der Waals surface area contributed by atoms with E-state index >= 15 is 0 Å². The third-order valence-electron chi connectivity index (χ3n) is 2.69. The highest BCUT2D eigenvalue weighted by Crippen LogP contribution is 2.30. The zero-order valence-corrected chi connectivity index (χ0v) is 13.3. The smallest absolute Gasteiger partial charge is 0.0845 e. The molecule has 1 unspecified atom stereocenters. The summed E-state index contributed by atoms with van der Waals surface area (Å²) in [6.45, 7) is 0. The van der Waals surface area contributed by atoms with Gasteiger partial charge in [0.25, 0.3) is 0 Å². The minimum atomic E-state index is -0.607. The van der Waals surface area contributed by atoms with Crippen molar-refractivity contribution in [2.45, 2.75) is 12.5 Å². The molecular weight excluding hydrogens is 379 g/mol. The first-order valence-corrected chi connectivity index (χ1v) is 7.40. The van der Waals surface area contributed by atoms with Crippen LogP contribution in [0.1, 0.15) is 17.2 Å². The van der Waals surface area contributed by atoms with Crippen LogP contribution < -0.4 is 0 Å². The zero-order valence-electron chi connectivity index (χ0n) is 9.41. The van der Waals surface area contributed by atoms with E-state index in [2.05, 4.69) is 31.9 Å². The molecule has 0 aromatic heterocycles. The van der Waals surface area contributed by atoms with E-state index in [9.17, 15) is 5.11 Å². The molecule has 0 heterocycles. The number of aliphatic hydroxyl groups is 1. The predicted octanol–water partition coefficient (Wildman–Crippen LogP) is 5.14. The van der Waals surface area contributed by atoms with Crippen LogP contribution in [-0.2, 0) is 6.42 Å². The van der Waals surface area contributed by atoms with E-state index in [1.807, 2.05) is 36.4 Å². The molecule has 94 valence electrons. The van der Waals surface area contributed by atoms with Gasteiger partial charge in [-0.05, 0) is 29.3 Å². The summed E-state index contributed by atoms with van der Waals surface area (Å²) < 4.78 is 1.90. The second-order valence-corrected chi connectivity index (χ2v) is 6.15. The highest BCUT2D eigenvalue weighted by molar-refractivity contribution is 9.10. The van der Waals surface area contributed by atoms with Crippen LogP contribution in [0.4, 0.5) is 0 Å². The average Bonchev–Trinajstić information content (AvgIpc) is 2.32. The fraction of sp³-hybridized carbons (Fsp3) is 0.143. The molecule has 0 saturated heterocycles. The molecule has 2 aromatic carbocycles. The normalized spacial score (nSPS) is 12.4. The van der Waals surface area contributed by atoms with Crippen LogP contribution in [0.5, 0.6) is 0 Å². The minimum Gasteiger partial charge on any atom is -0.388 e. The Morgan fingerprint density at radius 1 is 1.11 bits per heavy atom. The molecule has 0 aliphatic carbocycles. The molecule has 0 aliphatic heterocycles. The van der Waals surface area contributed by atoms with Crippen molar-refractivity contribution in [3.05, 3.63) is 67.6 Å². The van der Waals surface area contributed by atoms with Crippen molar-refractivity contribution >= 4 is 43.5 Å². The van der Waals surface area contributed by atoms with Gasteiger partial charge in [-0.3, -0.25) is 0 Å². The molecule has 0 amide bonds. The molecule has 18 heavy (non-hydrogen) atoms. The molecule has 0 aliphatic rings. The molecule has 0 bridgehead atoms. The van der Waals surface area contributed by atoms with E-state index in [4.69, 9.17) is 11.6 Å². The molecule has 0 fully saturated rings. The quantitative estimate of drug-likeness (QED) is 0.769. The van der Waals surface area contributed by atoms with Crippen molar-refractivity contribution in [2.24, 2.45) is 0 Å². The van der Waals surface area contributed by atoms with E-state index in [1.165, 1.54) is 0 Å². The van der Waals surface area contributed by atoms with E-state index < -0.39 is 6.10 Å². The molecule has 2 aromatic rings. The fourth-order valence-electron chi connectivity index (χ4n) is 1.75. The monoisotopic (exact) mass is 388 g/mol. The van der Waals surface area contributed by atoms with Gasteiger partial charge in [0.05, 0.1) is 6.10 Å². The summed E-state index contributed by atoms with van der Waals surface area (Å²) in [6, 6.07) is 13.4. The molecular formula is C14H11Br2ClO. The Hall–Kier alpha value is -0.350. The molecule has 0 spiro atoms. The fourth-order valence-corrected chi connectivity index (χ4v) is 3.00. The maximum Gasteiger partial charge on any atom is 0.0845 e. The van der Waals surface area contributed by atoms with E-state index in [0.29, 0.717) is 11.4 Å². The van der Waals surface area contributed by atoms with Crippen LogP contribution in [0.15, 0.2) is 51.4 Å². The number of hydrogen-bond acceptors (Lipinski definition) is 1. The second-order valence-electron chi connectivity index (χ2n) is 3.98. The third-order valence-corrected chi connectivity index (χ3v) is 4.29. The van der Waals surface area contributed by atoms with Crippen molar-refractivity contribution in [3.63, 3.8) is 0 Å². The summed E-state index contributed by atoms with van der Waals surface area (Å²) >= 11 is 13.0. The summed E-state index contributed by atoms with van der Waals surface area (Å²) in [7, 11) is 0. The molecule has 1 atom stereocenters. The van der Waals surface area contributed by atoms with Crippen LogP contribution in [0, 0.1) is 0 Å². The van der Waals surface area contributed by atoms with Crippen molar-refractivity contribution < 1.29 is 5.11 Å². The topological polar surface area (TPSA) is 20.2 Å². The first kappa shape index (κ1) is 14.1. The van der Waals surface area contributed by atoms with Gasteiger partial charge >= 0.3 is 0 Å². The SMILES string of the molecule is OC(Cc1ccccc1Br)c1ccc(Br)cc1Cl. The largest absolute Gasteiger partial charge is 0.388 e. The van der Waals surface area contributed by atoms with Crippen molar-refractivity contribution in [2.75, 3.05) is 0 Å². The van der Waals surface area contributed by atoms with Gasteiger partial charge < -0.3 is 5.11 Å². The van der Waals surface area contributed by atoms with Gasteiger partial charge in [0.1, 0.15) is 0 Å². The van der Waals surface area contributed by atoms with Gasteiger partial charge in [-0.25, -0.2) is 0 Å². The van der Waals surface area contributed by atoms with Gasteiger partial charge in [-0.15, -0.1) is 0 Å². The summed E-state index contributed by atoms with van der Waals surface area (Å²) in [5.41, 5.74) is 1.81. The summed E-state index contributed by atoms with van der Waals surface area (Å²) in [6.07, 6.45) is -0.0766.